The molecular weight excluding hydrogens is 973 g/mol. The first-order chi connectivity index (χ1) is 39.0. The van der Waals surface area contributed by atoms with Crippen LogP contribution in [0, 0.1) is 0 Å². The maximum atomic E-state index is 12.9. The Kier molecular flexibility index (Phi) is 64.7. The summed E-state index contributed by atoms with van der Waals surface area (Å²) >= 11 is 0. The number of esters is 3. The molecule has 0 spiro atoms. The van der Waals surface area contributed by atoms with Crippen molar-refractivity contribution in [1.29, 1.82) is 0 Å². The zero-order valence-electron chi connectivity index (χ0n) is 52.6. The Bertz CT molecular complexity index is 1450. The fourth-order valence-corrected chi connectivity index (χ4v) is 10.1. The second-order valence-corrected chi connectivity index (χ2v) is 23.1. The van der Waals surface area contributed by atoms with Crippen molar-refractivity contribution in [3.05, 3.63) is 72.9 Å². The molecule has 0 aliphatic heterocycles. The molecule has 0 aromatic carbocycles. The molecule has 0 amide bonds. The van der Waals surface area contributed by atoms with Crippen LogP contribution in [-0.4, -0.2) is 37.2 Å². The lowest BCUT2D eigenvalue weighted by atomic mass is 10.0. The summed E-state index contributed by atoms with van der Waals surface area (Å²) in [5, 5.41) is 0. The van der Waals surface area contributed by atoms with Crippen LogP contribution in [0.2, 0.25) is 0 Å². The van der Waals surface area contributed by atoms with Gasteiger partial charge in [-0.1, -0.05) is 338 Å². The monoisotopic (exact) mass is 1100 g/mol. The molecule has 6 heteroatoms. The second kappa shape index (κ2) is 67.4. The second-order valence-electron chi connectivity index (χ2n) is 23.1. The predicted octanol–water partition coefficient (Wildman–Crippen LogP) is 23.7. The van der Waals surface area contributed by atoms with Crippen molar-refractivity contribution in [1.82, 2.24) is 0 Å². The van der Waals surface area contributed by atoms with Crippen LogP contribution >= 0.6 is 0 Å². The van der Waals surface area contributed by atoms with E-state index >= 15 is 0 Å². The number of ether oxygens (including phenoxy) is 3. The molecule has 0 aromatic heterocycles. The van der Waals surface area contributed by atoms with Crippen molar-refractivity contribution < 1.29 is 28.6 Å². The predicted molar refractivity (Wildman–Crippen MR) is 344 cm³/mol. The molecule has 0 N–H and O–H groups in total. The van der Waals surface area contributed by atoms with E-state index in [1.54, 1.807) is 0 Å². The average molecular weight is 1100 g/mol. The minimum Gasteiger partial charge on any atom is -0.462 e. The number of hydrogen-bond donors (Lipinski definition) is 0. The van der Waals surface area contributed by atoms with Crippen molar-refractivity contribution >= 4 is 17.9 Å². The standard InChI is InChI=1S/C73H130O6/c1-4-7-10-13-16-19-22-25-28-30-31-32-33-34-35-36-37-38-39-40-41-43-45-48-51-54-57-60-63-66-72(75)78-69-70(68-77-71(74)65-62-59-56-53-50-47-44-27-24-21-18-15-12-9-6-3)79-73(76)67-64-61-58-55-52-49-46-42-29-26-23-20-17-14-11-8-5-2/h7,10,16,19,25,28,31-32,34-35,37-38,70H,4-6,8-9,11-15,17-18,20-24,26-27,29-30,33,36,39-69H2,1-3H3/b10-7-,19-16-,28-25-,32-31-,35-34-,38-37-. The van der Waals surface area contributed by atoms with Crippen LogP contribution < -0.4 is 0 Å². The van der Waals surface area contributed by atoms with Gasteiger partial charge in [-0.2, -0.15) is 0 Å². The molecule has 6 nitrogen and oxygen atoms in total. The van der Waals surface area contributed by atoms with Crippen LogP contribution in [-0.2, 0) is 28.6 Å². The number of unbranched alkanes of at least 4 members (excludes halogenated alkanes) is 40. The maximum Gasteiger partial charge on any atom is 0.306 e. The van der Waals surface area contributed by atoms with E-state index in [1.807, 2.05) is 0 Å². The van der Waals surface area contributed by atoms with Crippen LogP contribution in [0.5, 0.6) is 0 Å². The third kappa shape index (κ3) is 65.5. The fourth-order valence-electron chi connectivity index (χ4n) is 10.1. The van der Waals surface area contributed by atoms with Crippen LogP contribution in [0.4, 0.5) is 0 Å². The summed E-state index contributed by atoms with van der Waals surface area (Å²) in [6, 6.07) is 0. The Morgan fingerprint density at radius 3 is 0.772 bits per heavy atom. The molecule has 458 valence electrons. The topological polar surface area (TPSA) is 78.9 Å². The average Bonchev–Trinajstić information content (AvgIpc) is 3.45. The van der Waals surface area contributed by atoms with Gasteiger partial charge in [-0.3, -0.25) is 14.4 Å². The molecule has 79 heavy (non-hydrogen) atoms. The highest BCUT2D eigenvalue weighted by Crippen LogP contribution is 2.18. The molecule has 0 aliphatic carbocycles. The van der Waals surface area contributed by atoms with Crippen LogP contribution in [0.15, 0.2) is 72.9 Å². The van der Waals surface area contributed by atoms with Gasteiger partial charge in [0.15, 0.2) is 6.10 Å². The molecule has 0 heterocycles. The fraction of sp³-hybridized carbons (Fsp3) is 0.795. The summed E-state index contributed by atoms with van der Waals surface area (Å²) in [6.45, 7) is 6.58. The molecule has 1 unspecified atom stereocenters. The molecular formula is C73H130O6. The van der Waals surface area contributed by atoms with Gasteiger partial charge in [-0.05, 0) is 70.6 Å². The minimum atomic E-state index is -0.774. The number of allylic oxidation sites excluding steroid dienone is 12. The quantitative estimate of drug-likeness (QED) is 0.0261. The van der Waals surface area contributed by atoms with Crippen molar-refractivity contribution in [2.75, 3.05) is 13.2 Å². The van der Waals surface area contributed by atoms with Gasteiger partial charge in [0, 0.05) is 19.3 Å². The minimum absolute atomic E-state index is 0.0703. The van der Waals surface area contributed by atoms with Gasteiger partial charge in [0.05, 0.1) is 0 Å². The molecule has 0 bridgehead atoms. The third-order valence-electron chi connectivity index (χ3n) is 15.2. The lowest BCUT2D eigenvalue weighted by Crippen LogP contribution is -2.30. The lowest BCUT2D eigenvalue weighted by Gasteiger charge is -2.18. The van der Waals surface area contributed by atoms with E-state index in [-0.39, 0.29) is 31.1 Å². The van der Waals surface area contributed by atoms with Crippen molar-refractivity contribution in [2.45, 2.75) is 361 Å². The van der Waals surface area contributed by atoms with Crippen molar-refractivity contribution in [3.8, 4) is 0 Å². The summed E-state index contributed by atoms with van der Waals surface area (Å²) < 4.78 is 17.0. The van der Waals surface area contributed by atoms with Gasteiger partial charge < -0.3 is 14.2 Å². The SMILES string of the molecule is CC/C=C\C/C=C\C/C=C\C/C=C\C/C=C\C/C=C\CCCCCCCCCCCCC(=O)OCC(COC(=O)CCCCCCCCCCCCCCCCC)OC(=O)CCCCCCCCCCCCCCCCCCC. The van der Waals surface area contributed by atoms with Gasteiger partial charge in [-0.25, -0.2) is 0 Å². The van der Waals surface area contributed by atoms with Gasteiger partial charge in [0.2, 0.25) is 0 Å². The van der Waals surface area contributed by atoms with Gasteiger partial charge in [0.25, 0.3) is 0 Å². The van der Waals surface area contributed by atoms with Crippen molar-refractivity contribution in [2.24, 2.45) is 0 Å². The summed E-state index contributed by atoms with van der Waals surface area (Å²) in [5.41, 5.74) is 0. The van der Waals surface area contributed by atoms with E-state index in [0.717, 1.165) is 96.3 Å². The smallest absolute Gasteiger partial charge is 0.306 e. The lowest BCUT2D eigenvalue weighted by molar-refractivity contribution is -0.167. The molecule has 0 rings (SSSR count). The van der Waals surface area contributed by atoms with Crippen LogP contribution in [0.3, 0.4) is 0 Å². The molecule has 0 saturated heterocycles. The van der Waals surface area contributed by atoms with E-state index < -0.39 is 6.10 Å². The maximum absolute atomic E-state index is 12.9. The van der Waals surface area contributed by atoms with E-state index in [9.17, 15) is 14.4 Å². The summed E-state index contributed by atoms with van der Waals surface area (Å²) in [7, 11) is 0. The van der Waals surface area contributed by atoms with E-state index in [4.69, 9.17) is 14.2 Å². The Morgan fingerprint density at radius 1 is 0.266 bits per heavy atom. The largest absolute Gasteiger partial charge is 0.462 e. The number of rotatable bonds is 63. The van der Waals surface area contributed by atoms with Gasteiger partial charge >= 0.3 is 17.9 Å². The summed E-state index contributed by atoms with van der Waals surface area (Å²) in [4.78, 5) is 38.4. The highest BCUT2D eigenvalue weighted by Gasteiger charge is 2.19. The molecule has 1 atom stereocenters. The molecule has 0 radical (unpaired) electrons. The van der Waals surface area contributed by atoms with Gasteiger partial charge in [-0.15, -0.1) is 0 Å². The number of carbonyl (C=O) groups excluding carboxylic acids is 3. The highest BCUT2D eigenvalue weighted by atomic mass is 16.6. The zero-order chi connectivity index (χ0) is 57.1. The van der Waals surface area contributed by atoms with Crippen molar-refractivity contribution in [3.63, 3.8) is 0 Å². The first-order valence-electron chi connectivity index (χ1n) is 34.4. The van der Waals surface area contributed by atoms with E-state index in [0.29, 0.717) is 19.3 Å². The number of carbonyl (C=O) groups is 3. The first kappa shape index (κ1) is 75.8. The Labute approximate surface area is 491 Å². The highest BCUT2D eigenvalue weighted by molar-refractivity contribution is 5.71. The molecule has 0 fully saturated rings. The third-order valence-corrected chi connectivity index (χ3v) is 15.2. The van der Waals surface area contributed by atoms with E-state index in [1.165, 1.54) is 218 Å². The molecule has 0 saturated carbocycles. The Balaban J connectivity index is 4.27. The Morgan fingerprint density at radius 2 is 0.494 bits per heavy atom. The normalized spacial score (nSPS) is 12.5. The summed E-state index contributed by atoms with van der Waals surface area (Å²) in [6.07, 6.45) is 87.7. The summed E-state index contributed by atoms with van der Waals surface area (Å²) in [5.74, 6) is -0.851. The Hall–Kier alpha value is -3.15. The first-order valence-corrected chi connectivity index (χ1v) is 34.4. The molecule has 0 aliphatic rings. The zero-order valence-corrected chi connectivity index (χ0v) is 52.6. The van der Waals surface area contributed by atoms with Gasteiger partial charge in [0.1, 0.15) is 13.2 Å². The van der Waals surface area contributed by atoms with Crippen LogP contribution in [0.25, 0.3) is 0 Å². The van der Waals surface area contributed by atoms with E-state index in [2.05, 4.69) is 93.7 Å². The molecule has 0 aromatic rings. The number of hydrogen-bond acceptors (Lipinski definition) is 6. The van der Waals surface area contributed by atoms with Crippen LogP contribution in [0.1, 0.15) is 355 Å².